The van der Waals surface area contributed by atoms with E-state index in [-0.39, 0.29) is 5.92 Å². The number of carboxylic acids is 1. The van der Waals surface area contributed by atoms with E-state index < -0.39 is 5.97 Å². The number of aliphatic carboxylic acids is 1. The molecule has 74 valence electrons. The van der Waals surface area contributed by atoms with Crippen molar-refractivity contribution in [1.82, 2.24) is 0 Å². The molecule has 0 aromatic heterocycles. The Morgan fingerprint density at radius 3 is 3.00 bits per heavy atom. The van der Waals surface area contributed by atoms with Crippen LogP contribution < -0.4 is 4.74 Å². The third-order valence-corrected chi connectivity index (χ3v) is 2.73. The molecule has 3 nitrogen and oxygen atoms in total. The van der Waals surface area contributed by atoms with E-state index in [1.165, 1.54) is 0 Å². The Bertz CT molecular complexity index is 371. The van der Waals surface area contributed by atoms with Gasteiger partial charge in [-0.2, -0.15) is 0 Å². The quantitative estimate of drug-likeness (QED) is 0.777. The van der Waals surface area contributed by atoms with Crippen molar-refractivity contribution in [2.24, 2.45) is 0 Å². The fourth-order valence-corrected chi connectivity index (χ4v) is 1.98. The van der Waals surface area contributed by atoms with E-state index in [9.17, 15) is 4.79 Å². The highest BCUT2D eigenvalue weighted by atomic mass is 16.5. The summed E-state index contributed by atoms with van der Waals surface area (Å²) in [5.41, 5.74) is 2.05. The van der Waals surface area contributed by atoms with Crippen molar-refractivity contribution in [2.45, 2.75) is 18.8 Å². The van der Waals surface area contributed by atoms with Gasteiger partial charge in [0, 0.05) is 0 Å². The van der Waals surface area contributed by atoms with E-state index >= 15 is 0 Å². The maximum atomic E-state index is 10.9. The minimum absolute atomic E-state index is 0.323. The van der Waals surface area contributed by atoms with Crippen LogP contribution in [0.1, 0.15) is 23.5 Å². The monoisotopic (exact) mass is 192 g/mol. The van der Waals surface area contributed by atoms with Crippen molar-refractivity contribution in [3.8, 4) is 5.75 Å². The molecular weight excluding hydrogens is 180 g/mol. The van der Waals surface area contributed by atoms with Gasteiger partial charge in [-0.1, -0.05) is 6.07 Å². The van der Waals surface area contributed by atoms with E-state index in [0.717, 1.165) is 23.3 Å². The summed E-state index contributed by atoms with van der Waals surface area (Å²) in [6.45, 7) is 0. The molecule has 1 aliphatic rings. The van der Waals surface area contributed by atoms with Gasteiger partial charge in [0.05, 0.1) is 13.0 Å². The molecule has 0 radical (unpaired) electrons. The summed E-state index contributed by atoms with van der Waals surface area (Å²) in [5.74, 6) is -0.250. The summed E-state index contributed by atoms with van der Waals surface area (Å²) < 4.78 is 5.09. The zero-order chi connectivity index (χ0) is 10.1. The molecule has 0 amide bonds. The standard InChI is InChI=1S/C11H12O3/c1-14-8-3-5-9-7(6-8)2-4-10(9)11(12)13/h3,5-6,10H,2,4H2,1H3,(H,12,13)/t10-/m0/s1. The first kappa shape index (κ1) is 9.06. The number of hydrogen-bond donors (Lipinski definition) is 1. The van der Waals surface area contributed by atoms with Gasteiger partial charge in [0.1, 0.15) is 5.75 Å². The van der Waals surface area contributed by atoms with Gasteiger partial charge in [0.2, 0.25) is 0 Å². The molecule has 1 atom stereocenters. The fraction of sp³-hybridized carbons (Fsp3) is 0.364. The maximum absolute atomic E-state index is 10.9. The molecule has 0 fully saturated rings. The number of aryl methyl sites for hydroxylation is 1. The molecule has 2 rings (SSSR count). The SMILES string of the molecule is COc1ccc2c(c1)CC[C@@H]2C(=O)O. The van der Waals surface area contributed by atoms with Crippen LogP contribution in [-0.4, -0.2) is 18.2 Å². The maximum Gasteiger partial charge on any atom is 0.310 e. The molecular formula is C11H12O3. The fourth-order valence-electron chi connectivity index (χ4n) is 1.98. The smallest absolute Gasteiger partial charge is 0.310 e. The first-order chi connectivity index (χ1) is 6.72. The number of fused-ring (bicyclic) bond motifs is 1. The second kappa shape index (κ2) is 3.33. The first-order valence-corrected chi connectivity index (χ1v) is 4.62. The van der Waals surface area contributed by atoms with Gasteiger partial charge in [0.15, 0.2) is 0 Å². The van der Waals surface area contributed by atoms with Crippen LogP contribution >= 0.6 is 0 Å². The summed E-state index contributed by atoms with van der Waals surface area (Å²) in [5, 5.41) is 8.96. The van der Waals surface area contributed by atoms with Crippen LogP contribution in [0.25, 0.3) is 0 Å². The lowest BCUT2D eigenvalue weighted by molar-refractivity contribution is -0.138. The van der Waals surface area contributed by atoms with Gasteiger partial charge >= 0.3 is 5.97 Å². The van der Waals surface area contributed by atoms with E-state index in [4.69, 9.17) is 9.84 Å². The van der Waals surface area contributed by atoms with E-state index in [1.807, 2.05) is 18.2 Å². The Morgan fingerprint density at radius 1 is 1.57 bits per heavy atom. The van der Waals surface area contributed by atoms with Crippen LogP contribution in [0.3, 0.4) is 0 Å². The van der Waals surface area contributed by atoms with Crippen LogP contribution in [0.5, 0.6) is 5.75 Å². The van der Waals surface area contributed by atoms with Crippen LogP contribution in [0.15, 0.2) is 18.2 Å². The normalized spacial score (nSPS) is 19.1. The molecule has 1 aliphatic carbocycles. The number of hydrogen-bond acceptors (Lipinski definition) is 2. The van der Waals surface area contributed by atoms with Crippen LogP contribution in [0.4, 0.5) is 0 Å². The lowest BCUT2D eigenvalue weighted by atomic mass is 10.0. The van der Waals surface area contributed by atoms with Gasteiger partial charge < -0.3 is 9.84 Å². The Hall–Kier alpha value is -1.51. The predicted molar refractivity (Wildman–Crippen MR) is 51.7 cm³/mol. The third-order valence-electron chi connectivity index (χ3n) is 2.73. The third kappa shape index (κ3) is 1.35. The molecule has 1 N–H and O–H groups in total. The topological polar surface area (TPSA) is 46.5 Å². The number of carbonyl (C=O) groups is 1. The zero-order valence-electron chi connectivity index (χ0n) is 7.99. The first-order valence-electron chi connectivity index (χ1n) is 4.62. The van der Waals surface area contributed by atoms with Crippen molar-refractivity contribution in [2.75, 3.05) is 7.11 Å². The van der Waals surface area contributed by atoms with E-state index in [1.54, 1.807) is 7.11 Å². The molecule has 1 aromatic rings. The van der Waals surface area contributed by atoms with Crippen molar-refractivity contribution < 1.29 is 14.6 Å². The summed E-state index contributed by atoms with van der Waals surface area (Å²) in [6.07, 6.45) is 1.54. The number of methoxy groups -OCH3 is 1. The Morgan fingerprint density at radius 2 is 2.36 bits per heavy atom. The van der Waals surface area contributed by atoms with Crippen molar-refractivity contribution in [3.63, 3.8) is 0 Å². The highest BCUT2D eigenvalue weighted by Crippen LogP contribution is 2.35. The van der Waals surface area contributed by atoms with Gasteiger partial charge in [0.25, 0.3) is 0 Å². The van der Waals surface area contributed by atoms with Crippen molar-refractivity contribution >= 4 is 5.97 Å². The zero-order valence-corrected chi connectivity index (χ0v) is 7.99. The highest BCUT2D eigenvalue weighted by Gasteiger charge is 2.28. The second-order valence-electron chi connectivity index (χ2n) is 3.49. The predicted octanol–water partition coefficient (Wildman–Crippen LogP) is 1.81. The molecule has 0 bridgehead atoms. The average Bonchev–Trinajstić information content (AvgIpc) is 2.59. The molecule has 3 heteroatoms. The van der Waals surface area contributed by atoms with Crippen molar-refractivity contribution in [3.05, 3.63) is 29.3 Å². The average molecular weight is 192 g/mol. The van der Waals surface area contributed by atoms with Gasteiger partial charge in [-0.3, -0.25) is 4.79 Å². The second-order valence-corrected chi connectivity index (χ2v) is 3.49. The molecule has 0 heterocycles. The number of benzene rings is 1. The Balaban J connectivity index is 2.38. The van der Waals surface area contributed by atoms with E-state index in [0.29, 0.717) is 6.42 Å². The molecule has 0 unspecified atom stereocenters. The van der Waals surface area contributed by atoms with Crippen molar-refractivity contribution in [1.29, 1.82) is 0 Å². The number of carboxylic acid groups (broad SMARTS) is 1. The van der Waals surface area contributed by atoms with Crippen LogP contribution in [0, 0.1) is 0 Å². The van der Waals surface area contributed by atoms with Gasteiger partial charge in [-0.15, -0.1) is 0 Å². The minimum Gasteiger partial charge on any atom is -0.497 e. The largest absolute Gasteiger partial charge is 0.497 e. The molecule has 1 aromatic carbocycles. The lowest BCUT2D eigenvalue weighted by Crippen LogP contribution is -2.07. The number of ether oxygens (including phenoxy) is 1. The van der Waals surface area contributed by atoms with Crippen LogP contribution in [0.2, 0.25) is 0 Å². The molecule has 0 saturated heterocycles. The summed E-state index contributed by atoms with van der Waals surface area (Å²) in [7, 11) is 1.62. The molecule has 0 spiro atoms. The minimum atomic E-state index is -0.728. The Labute approximate surface area is 82.3 Å². The number of rotatable bonds is 2. The Kier molecular flexibility index (Phi) is 2.15. The van der Waals surface area contributed by atoms with Crippen LogP contribution in [-0.2, 0) is 11.2 Å². The highest BCUT2D eigenvalue weighted by molar-refractivity contribution is 5.78. The summed E-state index contributed by atoms with van der Waals surface area (Å²) in [6, 6.07) is 5.61. The molecule has 0 saturated carbocycles. The molecule has 14 heavy (non-hydrogen) atoms. The lowest BCUT2D eigenvalue weighted by Gasteiger charge is -2.06. The summed E-state index contributed by atoms with van der Waals surface area (Å²) >= 11 is 0. The molecule has 0 aliphatic heterocycles. The van der Waals surface area contributed by atoms with Gasteiger partial charge in [-0.05, 0) is 36.1 Å². The summed E-state index contributed by atoms with van der Waals surface area (Å²) in [4.78, 5) is 10.9. The van der Waals surface area contributed by atoms with Gasteiger partial charge in [-0.25, -0.2) is 0 Å². The van der Waals surface area contributed by atoms with E-state index in [2.05, 4.69) is 0 Å².